The van der Waals surface area contributed by atoms with Gasteiger partial charge in [-0.2, -0.15) is 0 Å². The highest BCUT2D eigenvalue weighted by atomic mass is 35.5. The number of hydrogen-bond acceptors (Lipinski definition) is 4. The second-order valence-electron chi connectivity index (χ2n) is 4.05. The largest absolute Gasteiger partial charge is 0.456 e. The molecule has 1 aliphatic rings. The maximum absolute atomic E-state index is 11.7. The molecular formula is C13H16ClNO3. The topological polar surface area (TPSA) is 55.4 Å². The highest BCUT2D eigenvalue weighted by Gasteiger charge is 2.23. The molecule has 0 aromatic heterocycles. The van der Waals surface area contributed by atoms with Crippen molar-refractivity contribution in [3.05, 3.63) is 35.9 Å². The Morgan fingerprint density at radius 2 is 2.00 bits per heavy atom. The molecule has 1 aromatic rings. The minimum Gasteiger partial charge on any atom is -0.456 e. The van der Waals surface area contributed by atoms with Gasteiger partial charge in [-0.15, -0.1) is 12.4 Å². The van der Waals surface area contributed by atoms with Crippen molar-refractivity contribution in [2.75, 3.05) is 13.2 Å². The summed E-state index contributed by atoms with van der Waals surface area (Å²) in [5.41, 5.74) is 0.569. The smallest absolute Gasteiger partial charge is 0.323 e. The molecule has 1 saturated heterocycles. The molecule has 1 aromatic carbocycles. The van der Waals surface area contributed by atoms with E-state index in [1.807, 2.05) is 6.07 Å². The van der Waals surface area contributed by atoms with Crippen LogP contribution < -0.4 is 5.32 Å². The van der Waals surface area contributed by atoms with Crippen molar-refractivity contribution in [1.82, 2.24) is 5.32 Å². The summed E-state index contributed by atoms with van der Waals surface area (Å²) in [6, 6.07) is 8.60. The predicted molar refractivity (Wildman–Crippen MR) is 70.0 cm³/mol. The highest BCUT2D eigenvalue weighted by Crippen LogP contribution is 2.07. The molecule has 1 fully saturated rings. The zero-order valence-corrected chi connectivity index (χ0v) is 10.7. The number of benzene rings is 1. The van der Waals surface area contributed by atoms with E-state index in [0.717, 1.165) is 19.4 Å². The maximum Gasteiger partial charge on any atom is 0.323 e. The standard InChI is InChI=1S/C13H15NO3.ClH/c15-12(10-5-2-1-3-6-10)9-17-13(16)11-7-4-8-14-11;/h1-3,5-6,11,14H,4,7-9H2;1H/t11-;/m1./s1. The zero-order valence-electron chi connectivity index (χ0n) is 9.93. The van der Waals surface area contributed by atoms with Gasteiger partial charge in [0, 0.05) is 5.56 Å². The number of halogens is 1. The lowest BCUT2D eigenvalue weighted by atomic mass is 10.1. The fourth-order valence-corrected chi connectivity index (χ4v) is 1.83. The van der Waals surface area contributed by atoms with Gasteiger partial charge < -0.3 is 10.1 Å². The Labute approximate surface area is 112 Å². The first-order valence-electron chi connectivity index (χ1n) is 5.75. The lowest BCUT2D eigenvalue weighted by Crippen LogP contribution is -2.33. The van der Waals surface area contributed by atoms with Crippen molar-refractivity contribution < 1.29 is 14.3 Å². The van der Waals surface area contributed by atoms with Gasteiger partial charge in [-0.25, -0.2) is 0 Å². The number of ketones is 1. The molecule has 1 heterocycles. The Morgan fingerprint density at radius 1 is 1.28 bits per heavy atom. The monoisotopic (exact) mass is 269 g/mol. The number of rotatable bonds is 4. The van der Waals surface area contributed by atoms with E-state index in [1.54, 1.807) is 24.3 Å². The summed E-state index contributed by atoms with van der Waals surface area (Å²) < 4.78 is 4.99. The Bertz CT molecular complexity index is 402. The molecule has 18 heavy (non-hydrogen) atoms. The Hall–Kier alpha value is -1.39. The fraction of sp³-hybridized carbons (Fsp3) is 0.385. The number of hydrogen-bond donors (Lipinski definition) is 1. The molecule has 1 aliphatic heterocycles. The van der Waals surface area contributed by atoms with Crippen LogP contribution in [-0.4, -0.2) is 30.9 Å². The number of carbonyl (C=O) groups excluding carboxylic acids is 2. The third-order valence-electron chi connectivity index (χ3n) is 2.79. The van der Waals surface area contributed by atoms with Gasteiger partial charge >= 0.3 is 5.97 Å². The van der Waals surface area contributed by atoms with Crippen molar-refractivity contribution in [3.63, 3.8) is 0 Å². The third kappa shape index (κ3) is 3.82. The van der Waals surface area contributed by atoms with E-state index in [9.17, 15) is 9.59 Å². The predicted octanol–water partition coefficient (Wildman–Crippen LogP) is 1.59. The van der Waals surface area contributed by atoms with Crippen LogP contribution in [0.25, 0.3) is 0 Å². The van der Waals surface area contributed by atoms with Gasteiger partial charge in [-0.1, -0.05) is 30.3 Å². The normalized spacial score (nSPS) is 17.9. The van der Waals surface area contributed by atoms with Crippen LogP contribution in [0.4, 0.5) is 0 Å². The molecular weight excluding hydrogens is 254 g/mol. The Balaban J connectivity index is 0.00000162. The molecule has 0 bridgehead atoms. The SMILES string of the molecule is Cl.O=C(COC(=O)[C@H]1CCCN1)c1ccccc1. The van der Waals surface area contributed by atoms with Crippen LogP contribution in [0.15, 0.2) is 30.3 Å². The van der Waals surface area contributed by atoms with Crippen LogP contribution in [0.1, 0.15) is 23.2 Å². The number of ether oxygens (including phenoxy) is 1. The molecule has 0 spiro atoms. The maximum atomic E-state index is 11.7. The molecule has 2 rings (SSSR count). The number of nitrogens with one attached hydrogen (secondary N) is 1. The van der Waals surface area contributed by atoms with Crippen LogP contribution in [0.3, 0.4) is 0 Å². The summed E-state index contributed by atoms with van der Waals surface area (Å²) in [6.07, 6.45) is 1.77. The summed E-state index contributed by atoms with van der Waals surface area (Å²) >= 11 is 0. The molecule has 1 atom stereocenters. The van der Waals surface area contributed by atoms with Gasteiger partial charge in [0.2, 0.25) is 0 Å². The molecule has 0 radical (unpaired) electrons. The van der Waals surface area contributed by atoms with Gasteiger partial charge in [0.05, 0.1) is 0 Å². The zero-order chi connectivity index (χ0) is 12.1. The van der Waals surface area contributed by atoms with Crippen molar-refractivity contribution in [3.8, 4) is 0 Å². The third-order valence-corrected chi connectivity index (χ3v) is 2.79. The summed E-state index contributed by atoms with van der Waals surface area (Å²) in [5.74, 6) is -0.497. The lowest BCUT2D eigenvalue weighted by Gasteiger charge is -2.09. The Morgan fingerprint density at radius 3 is 2.61 bits per heavy atom. The van der Waals surface area contributed by atoms with Crippen molar-refractivity contribution in [2.45, 2.75) is 18.9 Å². The van der Waals surface area contributed by atoms with Crippen LogP contribution in [0.5, 0.6) is 0 Å². The first kappa shape index (κ1) is 14.7. The molecule has 4 nitrogen and oxygen atoms in total. The van der Waals surface area contributed by atoms with Crippen LogP contribution in [0, 0.1) is 0 Å². The molecule has 0 aliphatic carbocycles. The van der Waals surface area contributed by atoms with E-state index >= 15 is 0 Å². The van der Waals surface area contributed by atoms with Crippen molar-refractivity contribution in [2.24, 2.45) is 0 Å². The van der Waals surface area contributed by atoms with E-state index in [2.05, 4.69) is 5.32 Å². The molecule has 0 amide bonds. The first-order valence-corrected chi connectivity index (χ1v) is 5.75. The average molecular weight is 270 g/mol. The first-order chi connectivity index (χ1) is 8.27. The quantitative estimate of drug-likeness (QED) is 0.666. The number of esters is 1. The second kappa shape index (κ2) is 7.13. The van der Waals surface area contributed by atoms with Gasteiger partial charge in [0.1, 0.15) is 6.04 Å². The van der Waals surface area contributed by atoms with Gasteiger partial charge in [0.25, 0.3) is 0 Å². The summed E-state index contributed by atoms with van der Waals surface area (Å²) in [7, 11) is 0. The summed E-state index contributed by atoms with van der Waals surface area (Å²) in [6.45, 7) is 0.660. The minimum absolute atomic E-state index is 0. The van der Waals surface area contributed by atoms with E-state index in [0.29, 0.717) is 5.56 Å². The molecule has 0 unspecified atom stereocenters. The van der Waals surface area contributed by atoms with E-state index < -0.39 is 0 Å². The number of Topliss-reactive ketones (excluding diaryl/α,β-unsaturated/α-hetero) is 1. The summed E-state index contributed by atoms with van der Waals surface area (Å²) in [5, 5.41) is 3.03. The highest BCUT2D eigenvalue weighted by molar-refractivity contribution is 5.98. The lowest BCUT2D eigenvalue weighted by molar-refractivity contribution is -0.144. The fourth-order valence-electron chi connectivity index (χ4n) is 1.83. The van der Waals surface area contributed by atoms with Gasteiger partial charge in [0.15, 0.2) is 12.4 Å². The van der Waals surface area contributed by atoms with E-state index in [-0.39, 0.29) is 36.8 Å². The van der Waals surface area contributed by atoms with Crippen LogP contribution in [-0.2, 0) is 9.53 Å². The van der Waals surface area contributed by atoms with Crippen LogP contribution in [0.2, 0.25) is 0 Å². The summed E-state index contributed by atoms with van der Waals surface area (Å²) in [4.78, 5) is 23.2. The van der Waals surface area contributed by atoms with Crippen molar-refractivity contribution in [1.29, 1.82) is 0 Å². The Kier molecular flexibility index (Phi) is 5.82. The van der Waals surface area contributed by atoms with E-state index in [4.69, 9.17) is 4.74 Å². The van der Waals surface area contributed by atoms with E-state index in [1.165, 1.54) is 0 Å². The number of carbonyl (C=O) groups is 2. The molecule has 98 valence electrons. The molecule has 1 N–H and O–H groups in total. The molecule has 0 saturated carbocycles. The van der Waals surface area contributed by atoms with Gasteiger partial charge in [-0.05, 0) is 19.4 Å². The minimum atomic E-state index is -0.327. The van der Waals surface area contributed by atoms with Gasteiger partial charge in [-0.3, -0.25) is 9.59 Å². The van der Waals surface area contributed by atoms with Crippen molar-refractivity contribution >= 4 is 24.2 Å². The molecule has 5 heteroatoms. The average Bonchev–Trinajstić information content (AvgIpc) is 2.90. The second-order valence-corrected chi connectivity index (χ2v) is 4.05. The van der Waals surface area contributed by atoms with Crippen LogP contribution >= 0.6 is 12.4 Å².